The van der Waals surface area contributed by atoms with Crippen LogP contribution in [0.4, 0.5) is 0 Å². The number of rotatable bonds is 4. The van der Waals surface area contributed by atoms with Crippen LogP contribution in [0.1, 0.15) is 6.92 Å². The second-order valence-electron chi connectivity index (χ2n) is 5.20. The Bertz CT molecular complexity index is 680. The molecule has 3 aromatic carbocycles. The van der Waals surface area contributed by atoms with Gasteiger partial charge in [0.2, 0.25) is 0 Å². The summed E-state index contributed by atoms with van der Waals surface area (Å²) in [5.41, 5.74) is 0.232. The van der Waals surface area contributed by atoms with Gasteiger partial charge in [0.1, 0.15) is 15.9 Å². The van der Waals surface area contributed by atoms with E-state index in [9.17, 15) is 4.79 Å². The molecule has 0 bridgehead atoms. The summed E-state index contributed by atoms with van der Waals surface area (Å²) in [6.45, 7) is 4.97. The van der Waals surface area contributed by atoms with Gasteiger partial charge >= 0.3 is 0 Å². The molecule has 0 aromatic heterocycles. The fourth-order valence-corrected chi connectivity index (χ4v) is 6.79. The maximum Gasteiger partial charge on any atom is 0.280 e. The summed E-state index contributed by atoms with van der Waals surface area (Å²) in [5, 5.41) is 3.33. The van der Waals surface area contributed by atoms with E-state index in [1.807, 2.05) is 54.6 Å². The first-order valence-electron chi connectivity index (χ1n) is 7.57. The van der Waals surface area contributed by atoms with E-state index in [2.05, 4.69) is 43.2 Å². The molecule has 1 radical (unpaired) electrons. The Hall–Kier alpha value is -1.95. The molecular weight excluding hydrogens is 418 g/mol. The van der Waals surface area contributed by atoms with Gasteiger partial charge in [-0.25, -0.2) is 0 Å². The van der Waals surface area contributed by atoms with Gasteiger partial charge in [-0.05, 0) is 36.4 Å². The zero-order valence-electron chi connectivity index (χ0n) is 13.8. The molecule has 0 fully saturated rings. The molecule has 0 heterocycles. The van der Waals surface area contributed by atoms with Crippen LogP contribution in [0.3, 0.4) is 0 Å². The average Bonchev–Trinajstić information content (AvgIpc) is 2.66. The molecule has 3 rings (SSSR count). The first-order chi connectivity index (χ1) is 11.8. The van der Waals surface area contributed by atoms with Crippen molar-refractivity contribution in [2.24, 2.45) is 0 Å². The first kappa shape index (κ1) is 21.1. The summed E-state index contributed by atoms with van der Waals surface area (Å²) in [4.78, 5) is 20.7. The zero-order valence-corrected chi connectivity index (χ0v) is 16.4. The molecule has 0 aliphatic rings. The maximum atomic E-state index is 12.9. The molecular formula is C21H19O2PRh. The summed E-state index contributed by atoms with van der Waals surface area (Å²) in [7, 11) is -2.26. The predicted octanol–water partition coefficient (Wildman–Crippen LogP) is 3.25. The van der Waals surface area contributed by atoms with E-state index in [4.69, 9.17) is 4.79 Å². The number of hydrogen-bond acceptors (Lipinski definition) is 2. The SMILES string of the molecule is CC(=O)[P+](c1ccccc1)(c1ccccc1)c1ccccc1.[CH-]=O.[Rh]. The van der Waals surface area contributed by atoms with Crippen LogP contribution in [-0.2, 0) is 29.1 Å². The minimum Gasteiger partial charge on any atom is -0.545 e. The number of benzene rings is 3. The van der Waals surface area contributed by atoms with E-state index in [0.29, 0.717) is 0 Å². The Balaban J connectivity index is 0.00000101. The smallest absolute Gasteiger partial charge is 0.280 e. The molecule has 3 aromatic rings. The molecule has 0 aliphatic carbocycles. The van der Waals surface area contributed by atoms with Gasteiger partial charge in [-0.15, -0.1) is 0 Å². The van der Waals surface area contributed by atoms with Gasteiger partial charge in [0.05, 0.1) is 0 Å². The predicted molar refractivity (Wildman–Crippen MR) is 103 cm³/mol. The molecule has 4 heteroatoms. The van der Waals surface area contributed by atoms with Gasteiger partial charge < -0.3 is 4.79 Å². The molecule has 0 unspecified atom stereocenters. The standard InChI is InChI=1S/C20H18OP.CHO.Rh/c1-17(21)22(18-11-5-2-6-12-18,19-13-7-3-8-14-19)20-15-9-4-10-16-20;1-2;/h2-16H,1H3;1H;/q+1;-1;. The molecule has 0 spiro atoms. The monoisotopic (exact) mass is 437 g/mol. The Labute approximate surface area is 162 Å². The zero-order chi connectivity index (χ0) is 17.4. The summed E-state index contributed by atoms with van der Waals surface area (Å²) in [6, 6.07) is 30.5. The quantitative estimate of drug-likeness (QED) is 0.272. The summed E-state index contributed by atoms with van der Waals surface area (Å²) < 4.78 is 0. The van der Waals surface area contributed by atoms with Gasteiger partial charge in [0, 0.05) is 26.4 Å². The van der Waals surface area contributed by atoms with E-state index >= 15 is 0 Å². The van der Waals surface area contributed by atoms with Crippen LogP contribution < -0.4 is 15.9 Å². The molecule has 0 amide bonds. The van der Waals surface area contributed by atoms with E-state index < -0.39 is 7.26 Å². The van der Waals surface area contributed by atoms with Crippen molar-refractivity contribution < 1.29 is 29.1 Å². The second-order valence-corrected chi connectivity index (χ2v) is 8.72. The first-order valence-corrected chi connectivity index (χ1v) is 9.36. The van der Waals surface area contributed by atoms with Crippen molar-refractivity contribution >= 4 is 35.5 Å². The fourth-order valence-electron chi connectivity index (χ4n) is 2.95. The average molecular weight is 437 g/mol. The minimum atomic E-state index is -2.26. The van der Waals surface area contributed by atoms with Crippen molar-refractivity contribution in [3.05, 3.63) is 91.0 Å². The Kier molecular flexibility index (Phi) is 8.55. The van der Waals surface area contributed by atoms with Crippen molar-refractivity contribution in [1.29, 1.82) is 0 Å². The molecule has 0 saturated carbocycles. The van der Waals surface area contributed by atoms with Crippen molar-refractivity contribution in [1.82, 2.24) is 0 Å². The normalized spacial score (nSPS) is 9.96. The van der Waals surface area contributed by atoms with Gasteiger partial charge in [0.15, 0.2) is 7.26 Å². The topological polar surface area (TPSA) is 34.1 Å². The van der Waals surface area contributed by atoms with E-state index in [1.165, 1.54) is 0 Å². The van der Waals surface area contributed by atoms with Crippen molar-refractivity contribution in [3.8, 4) is 0 Å². The van der Waals surface area contributed by atoms with Gasteiger partial charge in [-0.3, -0.25) is 11.6 Å². The molecule has 0 atom stereocenters. The Morgan fingerprint density at radius 1 is 0.640 bits per heavy atom. The molecule has 0 saturated heterocycles. The second kappa shape index (κ2) is 10.1. The molecule has 25 heavy (non-hydrogen) atoms. The molecule has 0 aliphatic heterocycles. The molecule has 0 N–H and O–H groups in total. The van der Waals surface area contributed by atoms with Crippen LogP contribution in [0.5, 0.6) is 0 Å². The summed E-state index contributed by atoms with van der Waals surface area (Å²) >= 11 is 0. The Morgan fingerprint density at radius 3 is 1.08 bits per heavy atom. The van der Waals surface area contributed by atoms with Crippen molar-refractivity contribution in [2.75, 3.05) is 0 Å². The van der Waals surface area contributed by atoms with Crippen LogP contribution in [0, 0.1) is 0 Å². The van der Waals surface area contributed by atoms with Crippen LogP contribution >= 0.6 is 7.26 Å². The van der Waals surface area contributed by atoms with Crippen molar-refractivity contribution in [2.45, 2.75) is 6.92 Å². The largest absolute Gasteiger partial charge is 0.545 e. The van der Waals surface area contributed by atoms with Gasteiger partial charge in [-0.1, -0.05) is 54.6 Å². The fraction of sp³-hybridized carbons (Fsp3) is 0.0476. The van der Waals surface area contributed by atoms with Crippen LogP contribution in [0.25, 0.3) is 0 Å². The van der Waals surface area contributed by atoms with E-state index in [1.54, 1.807) is 6.92 Å². The number of carbonyl (C=O) groups excluding carboxylic acids is 2. The maximum absolute atomic E-state index is 12.9. The number of hydrogen-bond donors (Lipinski definition) is 0. The van der Waals surface area contributed by atoms with Crippen LogP contribution in [0.2, 0.25) is 0 Å². The van der Waals surface area contributed by atoms with E-state index in [0.717, 1.165) is 15.9 Å². The van der Waals surface area contributed by atoms with Crippen LogP contribution in [-0.4, -0.2) is 12.3 Å². The molecule has 2 nitrogen and oxygen atoms in total. The Morgan fingerprint density at radius 2 is 0.880 bits per heavy atom. The van der Waals surface area contributed by atoms with Crippen molar-refractivity contribution in [3.63, 3.8) is 0 Å². The van der Waals surface area contributed by atoms with Crippen LogP contribution in [0.15, 0.2) is 91.0 Å². The van der Waals surface area contributed by atoms with Gasteiger partial charge in [0.25, 0.3) is 5.52 Å². The molecule has 129 valence electrons. The summed E-state index contributed by atoms with van der Waals surface area (Å²) in [5.74, 6) is 0. The third-order valence-electron chi connectivity index (χ3n) is 3.90. The third-order valence-corrected chi connectivity index (χ3v) is 8.07. The van der Waals surface area contributed by atoms with Gasteiger partial charge in [-0.2, -0.15) is 0 Å². The van der Waals surface area contributed by atoms with E-state index in [-0.39, 0.29) is 25.0 Å². The third kappa shape index (κ3) is 4.18. The summed E-state index contributed by atoms with van der Waals surface area (Å²) in [6.07, 6.45) is 0. The number of carbonyl (C=O) groups is 1. The minimum absolute atomic E-state index is 0.